The lowest BCUT2D eigenvalue weighted by molar-refractivity contribution is -0.0279. The van der Waals surface area contributed by atoms with Gasteiger partial charge >= 0.3 is 0 Å². The number of rotatable bonds is 3. The van der Waals surface area contributed by atoms with Crippen molar-refractivity contribution in [2.24, 2.45) is 5.92 Å². The molecule has 0 aromatic carbocycles. The molecule has 1 aromatic rings. The smallest absolute Gasteiger partial charge is 0.243 e. The number of thiazole rings is 1. The Morgan fingerprint density at radius 3 is 2.92 bits per heavy atom. The summed E-state index contributed by atoms with van der Waals surface area (Å²) in [6.45, 7) is 1.75. The maximum Gasteiger partial charge on any atom is 0.243 e. The summed E-state index contributed by atoms with van der Waals surface area (Å²) in [6, 6.07) is 0. The van der Waals surface area contributed by atoms with Crippen molar-refractivity contribution in [1.29, 1.82) is 0 Å². The maximum absolute atomic E-state index is 12.1. The summed E-state index contributed by atoms with van der Waals surface area (Å²) in [4.78, 5) is 6.09. The molecule has 0 N–H and O–H groups in total. The molecule has 0 radical (unpaired) electrons. The number of aromatic nitrogens is 1. The van der Waals surface area contributed by atoms with Crippen molar-refractivity contribution in [2.75, 3.05) is 13.1 Å². The van der Waals surface area contributed by atoms with E-state index in [1.807, 2.05) is 10.3 Å². The van der Waals surface area contributed by atoms with Crippen molar-refractivity contribution < 1.29 is 8.78 Å². The van der Waals surface area contributed by atoms with Crippen LogP contribution in [0.4, 0.5) is 8.78 Å². The van der Waals surface area contributed by atoms with Crippen LogP contribution in [-0.2, 0) is 6.54 Å². The molecule has 1 aliphatic heterocycles. The van der Waals surface area contributed by atoms with Crippen LogP contribution in [0.5, 0.6) is 0 Å². The third kappa shape index (κ3) is 2.03. The van der Waals surface area contributed by atoms with Crippen LogP contribution < -0.4 is 0 Å². The van der Waals surface area contributed by atoms with E-state index in [1.165, 1.54) is 0 Å². The van der Waals surface area contributed by atoms with Crippen molar-refractivity contribution in [3.05, 3.63) is 16.6 Å². The zero-order chi connectivity index (χ0) is 9.26. The maximum atomic E-state index is 12.1. The molecular weight excluding hydrogens is 194 g/mol. The van der Waals surface area contributed by atoms with Gasteiger partial charge in [-0.2, -0.15) is 0 Å². The summed E-state index contributed by atoms with van der Waals surface area (Å²) < 4.78 is 24.2. The number of likely N-dealkylation sites (tertiary alicyclic amines) is 1. The van der Waals surface area contributed by atoms with E-state index >= 15 is 0 Å². The predicted molar refractivity (Wildman–Crippen MR) is 46.9 cm³/mol. The van der Waals surface area contributed by atoms with Crippen LogP contribution in [0.1, 0.15) is 5.01 Å². The highest BCUT2D eigenvalue weighted by molar-refractivity contribution is 7.09. The van der Waals surface area contributed by atoms with Crippen LogP contribution in [0.3, 0.4) is 0 Å². The average Bonchev–Trinajstić information content (AvgIpc) is 2.46. The fraction of sp³-hybridized carbons (Fsp3) is 0.625. The first-order chi connectivity index (χ1) is 6.25. The summed E-state index contributed by atoms with van der Waals surface area (Å²) in [6.07, 6.45) is -0.419. The van der Waals surface area contributed by atoms with Gasteiger partial charge < -0.3 is 0 Å². The minimum atomic E-state index is -2.16. The highest BCUT2D eigenvalue weighted by atomic mass is 32.1. The largest absolute Gasteiger partial charge is 0.296 e. The minimum absolute atomic E-state index is 0.417. The van der Waals surface area contributed by atoms with Gasteiger partial charge in [-0.15, -0.1) is 11.3 Å². The lowest BCUT2D eigenvalue weighted by Gasteiger charge is -2.37. The molecule has 2 heterocycles. The Hall–Kier alpha value is -0.550. The number of halogens is 2. The monoisotopic (exact) mass is 204 g/mol. The molecule has 2 rings (SSSR count). The van der Waals surface area contributed by atoms with Crippen molar-refractivity contribution >= 4 is 11.3 Å². The summed E-state index contributed by atoms with van der Waals surface area (Å²) in [5.74, 6) is -0.417. The molecule has 0 saturated carbocycles. The van der Waals surface area contributed by atoms with Gasteiger partial charge in [0.2, 0.25) is 6.43 Å². The molecule has 0 unspecified atom stereocenters. The quantitative estimate of drug-likeness (QED) is 0.746. The molecule has 1 fully saturated rings. The van der Waals surface area contributed by atoms with Crippen molar-refractivity contribution in [3.8, 4) is 0 Å². The molecule has 0 bridgehead atoms. The number of hydrogen-bond donors (Lipinski definition) is 0. The van der Waals surface area contributed by atoms with E-state index in [1.54, 1.807) is 17.5 Å². The fourth-order valence-electron chi connectivity index (χ4n) is 1.42. The molecule has 0 amide bonds. The summed E-state index contributed by atoms with van der Waals surface area (Å²) in [5, 5.41) is 2.91. The van der Waals surface area contributed by atoms with E-state index in [-0.39, 0.29) is 0 Å². The summed E-state index contributed by atoms with van der Waals surface area (Å²) >= 11 is 1.57. The second-order valence-corrected chi connectivity index (χ2v) is 4.19. The van der Waals surface area contributed by atoms with Gasteiger partial charge in [0, 0.05) is 30.6 Å². The molecule has 13 heavy (non-hydrogen) atoms. The molecule has 2 nitrogen and oxygen atoms in total. The molecule has 0 spiro atoms. The van der Waals surface area contributed by atoms with E-state index in [0.29, 0.717) is 13.1 Å². The van der Waals surface area contributed by atoms with E-state index in [2.05, 4.69) is 4.98 Å². The van der Waals surface area contributed by atoms with Gasteiger partial charge in [0.25, 0.3) is 0 Å². The Morgan fingerprint density at radius 1 is 1.62 bits per heavy atom. The van der Waals surface area contributed by atoms with E-state index < -0.39 is 12.3 Å². The molecular formula is C8H10F2N2S. The topological polar surface area (TPSA) is 16.1 Å². The van der Waals surface area contributed by atoms with E-state index in [4.69, 9.17) is 0 Å². The van der Waals surface area contributed by atoms with Gasteiger partial charge in [-0.3, -0.25) is 4.90 Å². The van der Waals surface area contributed by atoms with Crippen LogP contribution in [0, 0.1) is 5.92 Å². The van der Waals surface area contributed by atoms with Crippen molar-refractivity contribution in [2.45, 2.75) is 13.0 Å². The zero-order valence-corrected chi connectivity index (χ0v) is 7.81. The van der Waals surface area contributed by atoms with Gasteiger partial charge in [0.1, 0.15) is 5.01 Å². The van der Waals surface area contributed by atoms with Crippen LogP contribution in [0.2, 0.25) is 0 Å². The number of alkyl halides is 2. The van der Waals surface area contributed by atoms with Crippen molar-refractivity contribution in [1.82, 2.24) is 9.88 Å². The summed E-state index contributed by atoms with van der Waals surface area (Å²) in [7, 11) is 0. The predicted octanol–water partition coefficient (Wildman–Crippen LogP) is 1.84. The molecule has 5 heteroatoms. The van der Waals surface area contributed by atoms with Gasteiger partial charge in [0.05, 0.1) is 6.54 Å². The number of hydrogen-bond acceptors (Lipinski definition) is 3. The van der Waals surface area contributed by atoms with E-state index in [0.717, 1.165) is 11.6 Å². The Morgan fingerprint density at radius 2 is 2.38 bits per heavy atom. The molecule has 0 aliphatic carbocycles. The van der Waals surface area contributed by atoms with Gasteiger partial charge in [0.15, 0.2) is 0 Å². The molecule has 1 aliphatic rings. The standard InChI is InChI=1S/C8H10F2N2S/c9-8(10)6-3-12(4-6)5-7-11-1-2-13-7/h1-2,6,8H,3-5H2. The van der Waals surface area contributed by atoms with E-state index in [9.17, 15) is 8.78 Å². The Bertz CT molecular complexity index is 257. The van der Waals surface area contributed by atoms with Crippen molar-refractivity contribution in [3.63, 3.8) is 0 Å². The van der Waals surface area contributed by atoms with Gasteiger partial charge in [-0.05, 0) is 0 Å². The Kier molecular flexibility index (Phi) is 2.55. The second kappa shape index (κ2) is 3.67. The first-order valence-electron chi connectivity index (χ1n) is 4.14. The first kappa shape index (κ1) is 9.02. The minimum Gasteiger partial charge on any atom is -0.296 e. The van der Waals surface area contributed by atoms with Crippen LogP contribution in [-0.4, -0.2) is 29.4 Å². The number of nitrogens with zero attached hydrogens (tertiary/aromatic N) is 2. The lowest BCUT2D eigenvalue weighted by atomic mass is 10.0. The van der Waals surface area contributed by atoms with Crippen LogP contribution in [0.15, 0.2) is 11.6 Å². The Labute approximate surface area is 79.2 Å². The second-order valence-electron chi connectivity index (χ2n) is 3.21. The average molecular weight is 204 g/mol. The highest BCUT2D eigenvalue weighted by Crippen LogP contribution is 2.24. The SMILES string of the molecule is FC(F)C1CN(Cc2nccs2)C1. The molecule has 1 aromatic heterocycles. The normalized spacial score (nSPS) is 19.3. The Balaban J connectivity index is 1.76. The van der Waals surface area contributed by atoms with Gasteiger partial charge in [-0.1, -0.05) is 0 Å². The first-order valence-corrected chi connectivity index (χ1v) is 5.02. The molecule has 0 atom stereocenters. The third-order valence-electron chi connectivity index (χ3n) is 2.18. The van der Waals surface area contributed by atoms with Crippen LogP contribution in [0.25, 0.3) is 0 Å². The highest BCUT2D eigenvalue weighted by Gasteiger charge is 2.33. The van der Waals surface area contributed by atoms with Crippen LogP contribution >= 0.6 is 11.3 Å². The fourth-order valence-corrected chi connectivity index (χ4v) is 2.08. The lowest BCUT2D eigenvalue weighted by Crippen LogP contribution is -2.49. The molecule has 1 saturated heterocycles. The summed E-state index contributed by atoms with van der Waals surface area (Å²) in [5.41, 5.74) is 0. The third-order valence-corrected chi connectivity index (χ3v) is 2.95. The van der Waals surface area contributed by atoms with Gasteiger partial charge in [-0.25, -0.2) is 13.8 Å². The molecule has 72 valence electrons. The zero-order valence-electron chi connectivity index (χ0n) is 6.99.